The van der Waals surface area contributed by atoms with Gasteiger partial charge in [0.15, 0.2) is 18.1 Å². The highest BCUT2D eigenvalue weighted by Gasteiger charge is 2.15. The number of anilines is 1. The number of carbonyl (C=O) groups excluding carboxylic acids is 1. The second kappa shape index (κ2) is 9.50. The Morgan fingerprint density at radius 2 is 2.15 bits per heavy atom. The van der Waals surface area contributed by atoms with E-state index in [4.69, 9.17) is 14.7 Å². The van der Waals surface area contributed by atoms with Gasteiger partial charge >= 0.3 is 0 Å². The van der Waals surface area contributed by atoms with Crippen molar-refractivity contribution in [2.75, 3.05) is 18.5 Å². The van der Waals surface area contributed by atoms with Crippen molar-refractivity contribution in [3.8, 4) is 17.6 Å². The first-order valence-corrected chi connectivity index (χ1v) is 9.65. The van der Waals surface area contributed by atoms with E-state index in [1.54, 1.807) is 12.1 Å². The molecule has 0 aliphatic rings. The first kappa shape index (κ1) is 20.1. The molecule has 1 N–H and O–H groups in total. The molecule has 0 aliphatic carbocycles. The SMILES string of the molecule is CCOc1cc(C#N)cc(Br)c1OCC(=O)Nc1nnc(CC(C)C)s1. The smallest absolute Gasteiger partial charge is 0.264 e. The third-order valence-corrected chi connectivity index (χ3v) is 4.53. The fourth-order valence-electron chi connectivity index (χ4n) is 2.06. The normalized spacial score (nSPS) is 10.5. The summed E-state index contributed by atoms with van der Waals surface area (Å²) in [6, 6.07) is 5.23. The van der Waals surface area contributed by atoms with Crippen LogP contribution in [0.3, 0.4) is 0 Å². The summed E-state index contributed by atoms with van der Waals surface area (Å²) in [4.78, 5) is 12.1. The molecule has 2 aromatic rings. The maximum atomic E-state index is 12.1. The van der Waals surface area contributed by atoms with Gasteiger partial charge in [-0.15, -0.1) is 10.2 Å². The molecule has 0 atom stereocenters. The third kappa shape index (κ3) is 5.68. The summed E-state index contributed by atoms with van der Waals surface area (Å²) in [6.45, 7) is 6.21. The maximum Gasteiger partial charge on any atom is 0.264 e. The van der Waals surface area contributed by atoms with Gasteiger partial charge in [-0.05, 0) is 34.8 Å². The van der Waals surface area contributed by atoms with Gasteiger partial charge in [0.25, 0.3) is 5.91 Å². The molecule has 0 saturated carbocycles. The Bertz CT molecular complexity index is 817. The monoisotopic (exact) mass is 438 g/mol. The third-order valence-electron chi connectivity index (χ3n) is 3.08. The summed E-state index contributed by atoms with van der Waals surface area (Å²) in [5.74, 6) is 0.900. The predicted octanol–water partition coefficient (Wildman–Crippen LogP) is 3.79. The summed E-state index contributed by atoms with van der Waals surface area (Å²) >= 11 is 4.69. The van der Waals surface area contributed by atoms with E-state index >= 15 is 0 Å². The number of ether oxygens (including phenoxy) is 2. The number of hydrogen-bond acceptors (Lipinski definition) is 7. The first-order valence-electron chi connectivity index (χ1n) is 8.04. The lowest BCUT2D eigenvalue weighted by molar-refractivity contribution is -0.118. The van der Waals surface area contributed by atoms with Crippen molar-refractivity contribution in [2.24, 2.45) is 5.92 Å². The molecule has 138 valence electrons. The zero-order valence-corrected chi connectivity index (χ0v) is 17.1. The Labute approximate surface area is 164 Å². The maximum absolute atomic E-state index is 12.1. The Morgan fingerprint density at radius 1 is 1.38 bits per heavy atom. The Morgan fingerprint density at radius 3 is 2.81 bits per heavy atom. The molecule has 1 heterocycles. The van der Waals surface area contributed by atoms with E-state index < -0.39 is 0 Å². The molecule has 26 heavy (non-hydrogen) atoms. The molecule has 9 heteroatoms. The summed E-state index contributed by atoms with van der Waals surface area (Å²) in [6.07, 6.45) is 0.819. The van der Waals surface area contributed by atoms with E-state index in [0.717, 1.165) is 11.4 Å². The van der Waals surface area contributed by atoms with E-state index in [0.29, 0.717) is 39.2 Å². The molecule has 1 aromatic heterocycles. The van der Waals surface area contributed by atoms with Crippen LogP contribution >= 0.6 is 27.3 Å². The lowest BCUT2D eigenvalue weighted by atomic mass is 10.1. The summed E-state index contributed by atoms with van der Waals surface area (Å²) < 4.78 is 11.6. The van der Waals surface area contributed by atoms with E-state index in [-0.39, 0.29) is 12.5 Å². The van der Waals surface area contributed by atoms with Crippen LogP contribution in [-0.2, 0) is 11.2 Å². The molecule has 0 radical (unpaired) electrons. The minimum absolute atomic E-state index is 0.219. The summed E-state index contributed by atoms with van der Waals surface area (Å²) in [5, 5.41) is 21.1. The van der Waals surface area contributed by atoms with Crippen molar-refractivity contribution in [2.45, 2.75) is 27.2 Å². The molecule has 1 aromatic carbocycles. The van der Waals surface area contributed by atoms with Crippen molar-refractivity contribution >= 4 is 38.3 Å². The minimum atomic E-state index is -0.351. The number of halogens is 1. The number of rotatable bonds is 8. The highest BCUT2D eigenvalue weighted by Crippen LogP contribution is 2.36. The molecule has 0 saturated heterocycles. The van der Waals surface area contributed by atoms with Crippen molar-refractivity contribution < 1.29 is 14.3 Å². The van der Waals surface area contributed by atoms with Crippen LogP contribution in [0.2, 0.25) is 0 Å². The van der Waals surface area contributed by atoms with Crippen LogP contribution in [0.25, 0.3) is 0 Å². The van der Waals surface area contributed by atoms with Crippen molar-refractivity contribution in [3.63, 3.8) is 0 Å². The van der Waals surface area contributed by atoms with Gasteiger partial charge in [0, 0.05) is 12.5 Å². The van der Waals surface area contributed by atoms with Crippen molar-refractivity contribution in [3.05, 3.63) is 27.2 Å². The Balaban J connectivity index is 2.00. The Kier molecular flexibility index (Phi) is 7.36. The molecule has 0 unspecified atom stereocenters. The molecule has 2 rings (SSSR count). The number of hydrogen-bond donors (Lipinski definition) is 1. The second-order valence-corrected chi connectivity index (χ2v) is 7.68. The highest BCUT2D eigenvalue weighted by molar-refractivity contribution is 9.10. The van der Waals surface area contributed by atoms with Crippen LogP contribution in [0, 0.1) is 17.2 Å². The zero-order valence-electron chi connectivity index (χ0n) is 14.7. The standard InChI is InChI=1S/C17H19BrN4O3S/c1-4-24-13-7-11(8-19)6-12(18)16(13)25-9-14(23)20-17-22-21-15(26-17)5-10(2)3/h6-7,10H,4-5,9H2,1-3H3,(H,20,22,23). The number of benzene rings is 1. The van der Waals surface area contributed by atoms with Gasteiger partial charge < -0.3 is 9.47 Å². The second-order valence-electron chi connectivity index (χ2n) is 5.77. The molecule has 0 spiro atoms. The van der Waals surface area contributed by atoms with Crippen molar-refractivity contribution in [1.82, 2.24) is 10.2 Å². The van der Waals surface area contributed by atoms with Gasteiger partial charge in [0.2, 0.25) is 5.13 Å². The topological polar surface area (TPSA) is 97.1 Å². The van der Waals surface area contributed by atoms with Gasteiger partial charge in [-0.25, -0.2) is 0 Å². The van der Waals surface area contributed by atoms with Gasteiger partial charge in [-0.1, -0.05) is 25.2 Å². The van der Waals surface area contributed by atoms with Gasteiger partial charge in [-0.3, -0.25) is 10.1 Å². The predicted molar refractivity (Wildman–Crippen MR) is 103 cm³/mol. The number of amides is 1. The minimum Gasteiger partial charge on any atom is -0.490 e. The highest BCUT2D eigenvalue weighted by atomic mass is 79.9. The van der Waals surface area contributed by atoms with Gasteiger partial charge in [0.1, 0.15) is 5.01 Å². The fraction of sp³-hybridized carbons (Fsp3) is 0.412. The van der Waals surface area contributed by atoms with Crippen LogP contribution in [0.1, 0.15) is 31.3 Å². The van der Waals surface area contributed by atoms with E-state index in [2.05, 4.69) is 45.3 Å². The lowest BCUT2D eigenvalue weighted by Gasteiger charge is -2.13. The molecular formula is C17H19BrN4O3S. The number of nitrogens with one attached hydrogen (secondary N) is 1. The number of carbonyl (C=O) groups is 1. The summed E-state index contributed by atoms with van der Waals surface area (Å²) in [7, 11) is 0. The zero-order chi connectivity index (χ0) is 19.1. The van der Waals surface area contributed by atoms with Crippen LogP contribution in [0.15, 0.2) is 16.6 Å². The fourth-order valence-corrected chi connectivity index (χ4v) is 3.59. The summed E-state index contributed by atoms with van der Waals surface area (Å²) in [5.41, 5.74) is 0.434. The molecule has 7 nitrogen and oxygen atoms in total. The quantitative estimate of drug-likeness (QED) is 0.672. The van der Waals surface area contributed by atoms with Crippen LogP contribution in [0.4, 0.5) is 5.13 Å². The molecule has 0 fully saturated rings. The largest absolute Gasteiger partial charge is 0.490 e. The molecule has 1 amide bonds. The number of nitriles is 1. The number of nitrogens with zero attached hydrogens (tertiary/aromatic N) is 3. The van der Waals surface area contributed by atoms with E-state index in [9.17, 15) is 4.79 Å². The van der Waals surface area contributed by atoms with Crippen LogP contribution in [-0.4, -0.2) is 29.3 Å². The van der Waals surface area contributed by atoms with Crippen LogP contribution in [0.5, 0.6) is 11.5 Å². The average Bonchev–Trinajstić information content (AvgIpc) is 3.00. The first-order chi connectivity index (χ1) is 12.4. The van der Waals surface area contributed by atoms with E-state index in [1.165, 1.54) is 11.3 Å². The number of aromatic nitrogens is 2. The molecule has 0 bridgehead atoms. The molecule has 0 aliphatic heterocycles. The average molecular weight is 439 g/mol. The van der Waals surface area contributed by atoms with Crippen molar-refractivity contribution in [1.29, 1.82) is 5.26 Å². The lowest BCUT2D eigenvalue weighted by Crippen LogP contribution is -2.20. The van der Waals surface area contributed by atoms with Gasteiger partial charge in [0.05, 0.1) is 22.7 Å². The molecular weight excluding hydrogens is 420 g/mol. The Hall–Kier alpha value is -2.18. The van der Waals surface area contributed by atoms with Crippen LogP contribution < -0.4 is 14.8 Å². The van der Waals surface area contributed by atoms with Gasteiger partial charge in [-0.2, -0.15) is 5.26 Å². The van der Waals surface area contributed by atoms with E-state index in [1.807, 2.05) is 13.0 Å².